The van der Waals surface area contributed by atoms with Gasteiger partial charge in [-0.15, -0.1) is 0 Å². The summed E-state index contributed by atoms with van der Waals surface area (Å²) in [4.78, 5) is 40.3. The first kappa shape index (κ1) is 60.4. The molecule has 27 heteroatoms. The highest BCUT2D eigenvalue weighted by Gasteiger charge is 2.57. The predicted molar refractivity (Wildman–Crippen MR) is 265 cm³/mol. The van der Waals surface area contributed by atoms with E-state index in [1.165, 1.54) is 0 Å². The van der Waals surface area contributed by atoms with E-state index in [1.807, 2.05) is 32.0 Å². The van der Waals surface area contributed by atoms with Gasteiger partial charge in [-0.2, -0.15) is 0 Å². The van der Waals surface area contributed by atoms with Gasteiger partial charge in [0.1, 0.15) is 98.2 Å². The number of aryl methyl sites for hydroxylation is 6. The van der Waals surface area contributed by atoms with Gasteiger partial charge in [0, 0.05) is 17.1 Å². The highest BCUT2D eigenvalue weighted by atomic mass is 16.8. The number of ether oxygens (including phenoxy) is 10. The molecule has 0 aromatic heterocycles. The van der Waals surface area contributed by atoms with Crippen LogP contribution in [0.1, 0.15) is 33.4 Å². The summed E-state index contributed by atoms with van der Waals surface area (Å²) in [5.41, 5.74) is 5.66. The number of aliphatic hydroxyl groups excluding tert-OH is 11. The van der Waals surface area contributed by atoms with Crippen LogP contribution in [0, 0.1) is 41.5 Å². The summed E-state index contributed by atoms with van der Waals surface area (Å²) in [6.07, 6.45) is -41.7. The molecule has 78 heavy (non-hydrogen) atoms. The van der Waals surface area contributed by atoms with Gasteiger partial charge in [0.05, 0.1) is 19.8 Å². The van der Waals surface area contributed by atoms with E-state index in [0.29, 0.717) is 11.4 Å². The van der Waals surface area contributed by atoms with E-state index in [9.17, 15) is 70.6 Å². The number of anilines is 3. The van der Waals surface area contributed by atoms with E-state index in [-0.39, 0.29) is 5.69 Å². The van der Waals surface area contributed by atoms with Crippen molar-refractivity contribution in [1.29, 1.82) is 0 Å². The van der Waals surface area contributed by atoms with E-state index in [2.05, 4.69) is 16.0 Å². The maximum atomic E-state index is 13.8. The van der Waals surface area contributed by atoms with Crippen molar-refractivity contribution in [2.24, 2.45) is 0 Å². The number of rotatable bonds is 16. The molecule has 1 unspecified atom stereocenters. The van der Waals surface area contributed by atoms with E-state index in [1.54, 1.807) is 64.1 Å². The molecule has 0 spiro atoms. The SMILES string of the molecule is Cc1cc(C)cc(NC(=O)OC[C@@H]2OC(OC(=O)Nc3cc(C)cc(C)c3)[C@@H](O)[C@H](O)[C@H]2O[C@@H]2O[C@@H](CO)[C@H](O[C@H]3O[C@@H](CO)[C@H](O[C@H]4O[C@@H](CO)[C@H](O)[C@@H](O)[C@@H]4O)[C@@H](O)[C@@H]3O)[C@@H](O)[C@@H]2OC(=O)Nc2cc(C)cc(C)c2)c1. The molecule has 3 amide bonds. The smallest absolute Gasteiger partial charge is 0.414 e. The summed E-state index contributed by atoms with van der Waals surface area (Å²) < 4.78 is 57.7. The van der Waals surface area contributed by atoms with Gasteiger partial charge < -0.3 is 104 Å². The number of hydrogen-bond donors (Lipinski definition) is 14. The summed E-state index contributed by atoms with van der Waals surface area (Å²) in [7, 11) is 0. The number of hydrogen-bond acceptors (Lipinski definition) is 24. The molecule has 14 N–H and O–H groups in total. The van der Waals surface area contributed by atoms with Gasteiger partial charge in [-0.3, -0.25) is 16.0 Å². The number of amides is 3. The molecular formula is C51H69N3O24. The second-order valence-electron chi connectivity index (χ2n) is 19.8. The average Bonchev–Trinajstić information content (AvgIpc) is 3.36. The van der Waals surface area contributed by atoms with Crippen LogP contribution in [-0.4, -0.2) is 224 Å². The first-order valence-electron chi connectivity index (χ1n) is 25.0. The van der Waals surface area contributed by atoms with Gasteiger partial charge in [0.25, 0.3) is 0 Å². The molecule has 0 bridgehead atoms. The van der Waals surface area contributed by atoms with Crippen molar-refractivity contribution in [1.82, 2.24) is 0 Å². The normalized spacial score (nSPS) is 35.0. The van der Waals surface area contributed by atoms with Crippen molar-refractivity contribution < 1.29 is 118 Å². The Kier molecular flexibility index (Phi) is 20.4. The molecule has 0 aliphatic carbocycles. The fraction of sp³-hybridized carbons (Fsp3) is 0.588. The van der Waals surface area contributed by atoms with Gasteiger partial charge >= 0.3 is 18.3 Å². The first-order valence-corrected chi connectivity index (χ1v) is 25.0. The fourth-order valence-corrected chi connectivity index (χ4v) is 9.70. The predicted octanol–water partition coefficient (Wildman–Crippen LogP) is -1.13. The largest absolute Gasteiger partial charge is 0.446 e. The van der Waals surface area contributed by atoms with Crippen LogP contribution in [-0.2, 0) is 47.4 Å². The molecular weight excluding hydrogens is 1040 g/mol. The molecule has 4 aliphatic heterocycles. The lowest BCUT2D eigenvalue weighted by Gasteiger charge is -2.49. The topological polar surface area (TPSA) is 402 Å². The van der Waals surface area contributed by atoms with E-state index in [0.717, 1.165) is 33.4 Å². The first-order chi connectivity index (χ1) is 37.0. The number of benzene rings is 3. The van der Waals surface area contributed by atoms with Crippen LogP contribution in [0.3, 0.4) is 0 Å². The second kappa shape index (κ2) is 26.3. The molecule has 0 saturated carbocycles. The Bertz CT molecular complexity index is 2460. The Morgan fingerprint density at radius 1 is 0.385 bits per heavy atom. The lowest BCUT2D eigenvalue weighted by molar-refractivity contribution is -0.386. The minimum absolute atomic E-state index is 0.244. The van der Waals surface area contributed by atoms with E-state index >= 15 is 0 Å². The molecule has 432 valence electrons. The molecule has 20 atom stereocenters. The van der Waals surface area contributed by atoms with Crippen molar-refractivity contribution in [2.45, 2.75) is 164 Å². The standard InChI is InChI=1S/C51H69N3O24/c1-20-7-21(2)11-26(10-20)52-49(66)69-19-32-43(36(61)39(64)47(73-32)78-51(68)54-28-14-24(5)9-25(6)15-28)76-48-44(77-50(67)53-27-12-22(3)8-23(4)13-27)40(65)42(31(18-57)72-48)75-46-38(63)35(60)41(30(17-56)71-46)74-45-37(62)34(59)33(58)29(16-55)70-45/h7-15,29-48,55-65H,16-19H2,1-6H3,(H,52,66)(H,53,67)(H,54,68)/t29-,30-,31-,32-,33-,34+,35-,36-,37-,38-,39-,40+,41-,42-,43-,44-,45+,46+,47?,48-/m0/s1. The van der Waals surface area contributed by atoms with E-state index in [4.69, 9.17) is 47.4 Å². The van der Waals surface area contributed by atoms with Crippen molar-refractivity contribution in [3.05, 3.63) is 88.0 Å². The van der Waals surface area contributed by atoms with Crippen LogP contribution < -0.4 is 16.0 Å². The molecule has 4 heterocycles. The maximum Gasteiger partial charge on any atom is 0.414 e. The zero-order chi connectivity index (χ0) is 56.9. The van der Waals surface area contributed by atoms with Gasteiger partial charge in [0.2, 0.25) is 6.29 Å². The molecule has 3 aromatic rings. The van der Waals surface area contributed by atoms with Crippen LogP contribution >= 0.6 is 0 Å². The van der Waals surface area contributed by atoms with Crippen LogP contribution in [0.25, 0.3) is 0 Å². The van der Waals surface area contributed by atoms with Crippen molar-refractivity contribution in [2.75, 3.05) is 42.4 Å². The van der Waals surface area contributed by atoms with Crippen molar-refractivity contribution in [3.63, 3.8) is 0 Å². The highest BCUT2D eigenvalue weighted by molar-refractivity contribution is 5.86. The van der Waals surface area contributed by atoms with Gasteiger partial charge in [-0.25, -0.2) is 14.4 Å². The summed E-state index contributed by atoms with van der Waals surface area (Å²) >= 11 is 0. The highest BCUT2D eigenvalue weighted by Crippen LogP contribution is 2.36. The molecule has 4 saturated heterocycles. The van der Waals surface area contributed by atoms with Crippen LogP contribution in [0.2, 0.25) is 0 Å². The van der Waals surface area contributed by atoms with Crippen molar-refractivity contribution >= 4 is 35.3 Å². The maximum absolute atomic E-state index is 13.8. The van der Waals surface area contributed by atoms with E-state index < -0.39 is 168 Å². The Labute approximate surface area is 447 Å². The van der Waals surface area contributed by atoms with Gasteiger partial charge in [-0.05, 0) is 111 Å². The quantitative estimate of drug-likeness (QED) is 0.0755. The molecule has 7 rings (SSSR count). The number of carbonyl (C=O) groups excluding carboxylic acids is 3. The monoisotopic (exact) mass is 1110 g/mol. The number of aliphatic hydroxyl groups is 11. The lowest BCUT2D eigenvalue weighted by Crippen LogP contribution is -2.68. The molecule has 0 radical (unpaired) electrons. The number of nitrogens with one attached hydrogen (secondary N) is 3. The lowest BCUT2D eigenvalue weighted by atomic mass is 9.95. The minimum Gasteiger partial charge on any atom is -0.446 e. The molecule has 4 aliphatic rings. The number of carbonyl (C=O) groups is 3. The Balaban J connectivity index is 1.15. The van der Waals surface area contributed by atoms with Crippen LogP contribution in [0.4, 0.5) is 31.4 Å². The third kappa shape index (κ3) is 14.6. The molecule has 4 fully saturated rings. The average molecular weight is 1110 g/mol. The van der Waals surface area contributed by atoms with Gasteiger partial charge in [-0.1, -0.05) is 18.2 Å². The van der Waals surface area contributed by atoms with Crippen molar-refractivity contribution in [3.8, 4) is 0 Å². The Hall–Kier alpha value is -5.25. The molecule has 3 aromatic carbocycles. The van der Waals surface area contributed by atoms with Crippen LogP contribution in [0.5, 0.6) is 0 Å². The zero-order valence-electron chi connectivity index (χ0n) is 43.3. The third-order valence-corrected chi connectivity index (χ3v) is 13.2. The Morgan fingerprint density at radius 2 is 0.731 bits per heavy atom. The second-order valence-corrected chi connectivity index (χ2v) is 19.8. The van der Waals surface area contributed by atoms with Gasteiger partial charge in [0.15, 0.2) is 25.0 Å². The summed E-state index contributed by atoms with van der Waals surface area (Å²) in [5, 5.41) is 128. The summed E-state index contributed by atoms with van der Waals surface area (Å²) in [6.45, 7) is 7.10. The summed E-state index contributed by atoms with van der Waals surface area (Å²) in [5.74, 6) is 0. The zero-order valence-corrected chi connectivity index (χ0v) is 43.3. The Morgan fingerprint density at radius 3 is 1.19 bits per heavy atom. The third-order valence-electron chi connectivity index (χ3n) is 13.2. The van der Waals surface area contributed by atoms with Crippen LogP contribution in [0.15, 0.2) is 54.6 Å². The fourth-order valence-electron chi connectivity index (χ4n) is 9.70. The molecule has 27 nitrogen and oxygen atoms in total. The summed E-state index contributed by atoms with van der Waals surface area (Å²) in [6, 6.07) is 15.4. The minimum atomic E-state index is -2.18.